The SMILES string of the molecule is CCC.Cc1noc(C2CCCCC2)n1. The van der Waals surface area contributed by atoms with Gasteiger partial charge in [-0.2, -0.15) is 4.98 Å². The molecule has 1 aliphatic carbocycles. The Morgan fingerprint density at radius 2 is 1.80 bits per heavy atom. The molecule has 0 aliphatic heterocycles. The molecule has 1 aromatic rings. The summed E-state index contributed by atoms with van der Waals surface area (Å²) in [5.74, 6) is 2.16. The van der Waals surface area contributed by atoms with Gasteiger partial charge < -0.3 is 4.52 Å². The van der Waals surface area contributed by atoms with Gasteiger partial charge >= 0.3 is 0 Å². The molecule has 0 aromatic carbocycles. The van der Waals surface area contributed by atoms with Gasteiger partial charge in [0.15, 0.2) is 5.82 Å². The van der Waals surface area contributed by atoms with Crippen LogP contribution in [0.15, 0.2) is 4.52 Å². The molecule has 1 saturated carbocycles. The molecule has 3 heteroatoms. The molecule has 0 spiro atoms. The molecule has 0 bridgehead atoms. The molecule has 0 N–H and O–H groups in total. The van der Waals surface area contributed by atoms with Crippen LogP contribution < -0.4 is 0 Å². The summed E-state index contributed by atoms with van der Waals surface area (Å²) in [6, 6.07) is 0. The molecule has 86 valence electrons. The highest BCUT2D eigenvalue weighted by Crippen LogP contribution is 2.31. The first kappa shape index (κ1) is 12.2. The topological polar surface area (TPSA) is 38.9 Å². The molecule has 0 saturated heterocycles. The summed E-state index contributed by atoms with van der Waals surface area (Å²) < 4.78 is 5.14. The Kier molecular flexibility index (Phi) is 5.37. The molecule has 2 rings (SSSR count). The van der Waals surface area contributed by atoms with Crippen molar-refractivity contribution in [2.75, 3.05) is 0 Å². The predicted molar refractivity (Wildman–Crippen MR) is 60.8 cm³/mol. The minimum atomic E-state index is 0.542. The largest absolute Gasteiger partial charge is 0.339 e. The highest BCUT2D eigenvalue weighted by Gasteiger charge is 2.20. The van der Waals surface area contributed by atoms with E-state index in [0.29, 0.717) is 5.92 Å². The summed E-state index contributed by atoms with van der Waals surface area (Å²) in [7, 11) is 0. The number of aromatic nitrogens is 2. The lowest BCUT2D eigenvalue weighted by molar-refractivity contribution is 0.312. The third kappa shape index (κ3) is 4.02. The fourth-order valence-corrected chi connectivity index (χ4v) is 1.83. The zero-order valence-corrected chi connectivity index (χ0v) is 10.1. The van der Waals surface area contributed by atoms with Crippen LogP contribution in [0.25, 0.3) is 0 Å². The van der Waals surface area contributed by atoms with Gasteiger partial charge in [-0.15, -0.1) is 0 Å². The van der Waals surface area contributed by atoms with Gasteiger partial charge in [0, 0.05) is 5.92 Å². The number of nitrogens with zero attached hydrogens (tertiary/aromatic N) is 2. The third-order valence-electron chi connectivity index (χ3n) is 2.50. The van der Waals surface area contributed by atoms with Crippen molar-refractivity contribution in [3.63, 3.8) is 0 Å². The number of hydrogen-bond acceptors (Lipinski definition) is 3. The molecular weight excluding hydrogens is 188 g/mol. The molecular formula is C12H22N2O. The summed E-state index contributed by atoms with van der Waals surface area (Å²) in [5.41, 5.74) is 0. The molecule has 3 nitrogen and oxygen atoms in total. The average Bonchev–Trinajstić information content (AvgIpc) is 2.67. The van der Waals surface area contributed by atoms with Crippen molar-refractivity contribution in [1.29, 1.82) is 0 Å². The second-order valence-electron chi connectivity index (χ2n) is 4.22. The fraction of sp³-hybridized carbons (Fsp3) is 0.833. The second-order valence-corrected chi connectivity index (χ2v) is 4.22. The molecule has 15 heavy (non-hydrogen) atoms. The summed E-state index contributed by atoms with van der Waals surface area (Å²) in [5, 5.41) is 3.81. The van der Waals surface area contributed by atoms with Crippen molar-refractivity contribution in [2.24, 2.45) is 0 Å². The van der Waals surface area contributed by atoms with Gasteiger partial charge in [0.25, 0.3) is 0 Å². The first-order chi connectivity index (χ1) is 7.27. The van der Waals surface area contributed by atoms with E-state index in [-0.39, 0.29) is 0 Å². The van der Waals surface area contributed by atoms with Gasteiger partial charge in [0.1, 0.15) is 0 Å². The first-order valence-electron chi connectivity index (χ1n) is 6.08. The molecule has 0 unspecified atom stereocenters. The fourth-order valence-electron chi connectivity index (χ4n) is 1.83. The van der Waals surface area contributed by atoms with Gasteiger partial charge in [0.2, 0.25) is 5.89 Å². The van der Waals surface area contributed by atoms with E-state index in [0.717, 1.165) is 11.7 Å². The summed E-state index contributed by atoms with van der Waals surface area (Å²) in [6.45, 7) is 6.12. The zero-order valence-electron chi connectivity index (χ0n) is 10.1. The highest BCUT2D eigenvalue weighted by atomic mass is 16.5. The number of rotatable bonds is 1. The highest BCUT2D eigenvalue weighted by molar-refractivity contribution is 4.93. The minimum absolute atomic E-state index is 0.542. The van der Waals surface area contributed by atoms with Crippen LogP contribution >= 0.6 is 0 Å². The molecule has 0 atom stereocenters. The summed E-state index contributed by atoms with van der Waals surface area (Å²) in [6.07, 6.45) is 7.69. The Hall–Kier alpha value is -0.860. The van der Waals surface area contributed by atoms with Crippen LogP contribution in [-0.4, -0.2) is 10.1 Å². The molecule has 1 heterocycles. The van der Waals surface area contributed by atoms with E-state index in [1.165, 1.54) is 38.5 Å². The van der Waals surface area contributed by atoms with Crippen molar-refractivity contribution in [1.82, 2.24) is 10.1 Å². The standard InChI is InChI=1S/C9H14N2O.C3H8/c1-7-10-9(12-11-7)8-5-3-2-4-6-8;1-3-2/h8H,2-6H2,1H3;3H2,1-2H3. The maximum Gasteiger partial charge on any atom is 0.229 e. The van der Waals surface area contributed by atoms with Crippen molar-refractivity contribution in [3.05, 3.63) is 11.7 Å². The van der Waals surface area contributed by atoms with E-state index in [4.69, 9.17) is 4.52 Å². The number of hydrogen-bond donors (Lipinski definition) is 0. The Morgan fingerprint density at radius 3 is 2.27 bits per heavy atom. The lowest BCUT2D eigenvalue weighted by atomic mass is 9.89. The lowest BCUT2D eigenvalue weighted by Gasteiger charge is -2.17. The molecule has 0 amide bonds. The molecule has 1 fully saturated rings. The van der Waals surface area contributed by atoms with Crippen LogP contribution in [0.5, 0.6) is 0 Å². The average molecular weight is 210 g/mol. The van der Waals surface area contributed by atoms with Crippen LogP contribution in [0.4, 0.5) is 0 Å². The van der Waals surface area contributed by atoms with Crippen LogP contribution in [0.1, 0.15) is 70.0 Å². The van der Waals surface area contributed by atoms with E-state index in [1.54, 1.807) is 0 Å². The third-order valence-corrected chi connectivity index (χ3v) is 2.50. The Bertz CT molecular complexity index is 264. The van der Waals surface area contributed by atoms with Crippen molar-refractivity contribution in [3.8, 4) is 0 Å². The van der Waals surface area contributed by atoms with Gasteiger partial charge in [-0.1, -0.05) is 44.7 Å². The number of aryl methyl sites for hydroxylation is 1. The Morgan fingerprint density at radius 1 is 1.20 bits per heavy atom. The van der Waals surface area contributed by atoms with E-state index in [2.05, 4.69) is 24.0 Å². The monoisotopic (exact) mass is 210 g/mol. The molecule has 1 aliphatic rings. The van der Waals surface area contributed by atoms with Crippen molar-refractivity contribution in [2.45, 2.75) is 65.2 Å². The zero-order chi connectivity index (χ0) is 11.1. The van der Waals surface area contributed by atoms with Gasteiger partial charge in [-0.25, -0.2) is 0 Å². The Balaban J connectivity index is 0.000000337. The smallest absolute Gasteiger partial charge is 0.229 e. The normalized spacial score (nSPS) is 17.0. The predicted octanol–water partition coefficient (Wildman–Crippen LogP) is 3.84. The van der Waals surface area contributed by atoms with Crippen molar-refractivity contribution < 1.29 is 4.52 Å². The maximum atomic E-state index is 5.14. The van der Waals surface area contributed by atoms with Crippen LogP contribution in [0.3, 0.4) is 0 Å². The first-order valence-corrected chi connectivity index (χ1v) is 6.08. The molecule has 1 aromatic heterocycles. The summed E-state index contributed by atoms with van der Waals surface area (Å²) in [4.78, 5) is 4.26. The van der Waals surface area contributed by atoms with E-state index < -0.39 is 0 Å². The Labute approximate surface area is 92.3 Å². The summed E-state index contributed by atoms with van der Waals surface area (Å²) >= 11 is 0. The van der Waals surface area contributed by atoms with E-state index in [1.807, 2.05) is 6.92 Å². The lowest BCUT2D eigenvalue weighted by Crippen LogP contribution is -2.04. The van der Waals surface area contributed by atoms with E-state index in [9.17, 15) is 0 Å². The van der Waals surface area contributed by atoms with Crippen LogP contribution in [-0.2, 0) is 0 Å². The van der Waals surface area contributed by atoms with Crippen LogP contribution in [0, 0.1) is 6.92 Å². The quantitative estimate of drug-likeness (QED) is 0.707. The minimum Gasteiger partial charge on any atom is -0.339 e. The van der Waals surface area contributed by atoms with Gasteiger partial charge in [-0.05, 0) is 19.8 Å². The van der Waals surface area contributed by atoms with E-state index >= 15 is 0 Å². The van der Waals surface area contributed by atoms with Gasteiger partial charge in [-0.3, -0.25) is 0 Å². The van der Waals surface area contributed by atoms with Crippen molar-refractivity contribution >= 4 is 0 Å². The van der Waals surface area contributed by atoms with Gasteiger partial charge in [0.05, 0.1) is 0 Å². The maximum absolute atomic E-state index is 5.14. The second kappa shape index (κ2) is 6.59. The molecule has 0 radical (unpaired) electrons. The van der Waals surface area contributed by atoms with Crippen LogP contribution in [0.2, 0.25) is 0 Å².